The molecule has 1 fully saturated rings. The van der Waals surface area contributed by atoms with Crippen LogP contribution in [0.4, 0.5) is 0 Å². The first-order valence-electron chi connectivity index (χ1n) is 6.79. The molecule has 20 heavy (non-hydrogen) atoms. The summed E-state index contributed by atoms with van der Waals surface area (Å²) in [5, 5.41) is 2.83. The minimum atomic E-state index is -0.388. The van der Waals surface area contributed by atoms with Gasteiger partial charge in [0.2, 0.25) is 11.8 Å². The third-order valence-electron chi connectivity index (χ3n) is 3.50. The summed E-state index contributed by atoms with van der Waals surface area (Å²) in [5.74, 6) is 0.0811. The summed E-state index contributed by atoms with van der Waals surface area (Å²) >= 11 is 5.03. The molecule has 2 amide bonds. The number of carbonyl (C=O) groups is 2. The lowest BCUT2D eigenvalue weighted by atomic mass is 9.96. The fourth-order valence-corrected chi connectivity index (χ4v) is 4.00. The first kappa shape index (κ1) is 15.5. The van der Waals surface area contributed by atoms with E-state index < -0.39 is 0 Å². The molecule has 0 bridgehead atoms. The van der Waals surface area contributed by atoms with E-state index in [0.717, 1.165) is 8.66 Å². The van der Waals surface area contributed by atoms with Gasteiger partial charge >= 0.3 is 0 Å². The number of carbonyl (C=O) groups excluding carboxylic acids is 2. The van der Waals surface area contributed by atoms with Gasteiger partial charge in [0.15, 0.2) is 0 Å². The third-order valence-corrected chi connectivity index (χ3v) is 5.11. The number of piperazine rings is 1. The number of rotatable bonds is 4. The standard InChI is InChI=1S/C14H19BrN2O2S/c1-4-10-14(19)17(7-9-5-6-11(15)20-9)12(8(2)3)13(18)16-10/h5-6,8,10,12H,4,7H2,1-3H3,(H,16,18). The first-order chi connectivity index (χ1) is 9.43. The predicted octanol–water partition coefficient (Wildman–Crippen LogP) is 2.77. The lowest BCUT2D eigenvalue weighted by Crippen LogP contribution is -2.64. The minimum absolute atomic E-state index is 0.0234. The Morgan fingerprint density at radius 1 is 1.40 bits per heavy atom. The molecule has 0 aromatic carbocycles. The van der Waals surface area contributed by atoms with Crippen LogP contribution in [0, 0.1) is 5.92 Å². The molecule has 2 unspecified atom stereocenters. The van der Waals surface area contributed by atoms with E-state index in [1.165, 1.54) is 0 Å². The maximum atomic E-state index is 12.5. The summed E-state index contributed by atoms with van der Waals surface area (Å²) in [6.07, 6.45) is 0.625. The van der Waals surface area contributed by atoms with Gasteiger partial charge < -0.3 is 10.2 Å². The summed E-state index contributed by atoms with van der Waals surface area (Å²) in [6.45, 7) is 6.36. The van der Waals surface area contributed by atoms with Crippen molar-refractivity contribution in [2.45, 2.75) is 45.8 Å². The van der Waals surface area contributed by atoms with Gasteiger partial charge in [-0.05, 0) is 40.4 Å². The fraction of sp³-hybridized carbons (Fsp3) is 0.571. The number of halogens is 1. The second-order valence-corrected chi connectivity index (χ2v) is 7.88. The molecule has 4 nitrogen and oxygen atoms in total. The van der Waals surface area contributed by atoms with Crippen LogP contribution < -0.4 is 5.32 Å². The molecule has 0 aliphatic carbocycles. The lowest BCUT2D eigenvalue weighted by molar-refractivity contribution is -0.151. The minimum Gasteiger partial charge on any atom is -0.343 e. The van der Waals surface area contributed by atoms with Gasteiger partial charge in [-0.1, -0.05) is 20.8 Å². The zero-order valence-electron chi connectivity index (χ0n) is 11.9. The molecule has 2 rings (SSSR count). The van der Waals surface area contributed by atoms with Gasteiger partial charge in [-0.2, -0.15) is 0 Å². The van der Waals surface area contributed by atoms with Crippen molar-refractivity contribution < 1.29 is 9.59 Å². The quantitative estimate of drug-likeness (QED) is 0.899. The Hall–Kier alpha value is -0.880. The molecule has 2 atom stereocenters. The van der Waals surface area contributed by atoms with Crippen LogP contribution in [0.25, 0.3) is 0 Å². The number of nitrogens with zero attached hydrogens (tertiary/aromatic N) is 1. The van der Waals surface area contributed by atoms with Gasteiger partial charge in [0.25, 0.3) is 0 Å². The van der Waals surface area contributed by atoms with Crippen molar-refractivity contribution in [2.24, 2.45) is 5.92 Å². The summed E-state index contributed by atoms with van der Waals surface area (Å²) in [6, 6.07) is 3.19. The van der Waals surface area contributed by atoms with Gasteiger partial charge in [0, 0.05) is 4.88 Å². The largest absolute Gasteiger partial charge is 0.343 e. The van der Waals surface area contributed by atoms with Gasteiger partial charge in [0.05, 0.1) is 10.3 Å². The third kappa shape index (κ3) is 3.06. The average Bonchev–Trinajstić information content (AvgIpc) is 2.78. The van der Waals surface area contributed by atoms with Gasteiger partial charge in [-0.15, -0.1) is 11.3 Å². The van der Waals surface area contributed by atoms with Crippen molar-refractivity contribution in [3.05, 3.63) is 20.8 Å². The van der Waals surface area contributed by atoms with Crippen LogP contribution in [0.2, 0.25) is 0 Å². The van der Waals surface area contributed by atoms with Crippen LogP contribution in [0.15, 0.2) is 15.9 Å². The maximum absolute atomic E-state index is 12.5. The van der Waals surface area contributed by atoms with Gasteiger partial charge in [-0.3, -0.25) is 9.59 Å². The maximum Gasteiger partial charge on any atom is 0.246 e. The highest BCUT2D eigenvalue weighted by atomic mass is 79.9. The topological polar surface area (TPSA) is 49.4 Å². The summed E-state index contributed by atoms with van der Waals surface area (Å²) in [5.41, 5.74) is 0. The highest BCUT2D eigenvalue weighted by Gasteiger charge is 2.41. The smallest absolute Gasteiger partial charge is 0.246 e. The van der Waals surface area contributed by atoms with Crippen LogP contribution in [-0.4, -0.2) is 28.8 Å². The summed E-state index contributed by atoms with van der Waals surface area (Å²) in [4.78, 5) is 27.6. The highest BCUT2D eigenvalue weighted by molar-refractivity contribution is 9.11. The Bertz CT molecular complexity index is 515. The van der Waals surface area contributed by atoms with E-state index in [9.17, 15) is 9.59 Å². The van der Waals surface area contributed by atoms with Crippen LogP contribution in [0.3, 0.4) is 0 Å². The second kappa shape index (κ2) is 6.26. The first-order valence-corrected chi connectivity index (χ1v) is 8.40. The van der Waals surface area contributed by atoms with Crippen molar-refractivity contribution in [1.29, 1.82) is 0 Å². The number of thiophene rings is 1. The summed E-state index contributed by atoms with van der Waals surface area (Å²) < 4.78 is 1.04. The number of nitrogens with one attached hydrogen (secondary N) is 1. The van der Waals surface area contributed by atoms with E-state index in [1.807, 2.05) is 32.9 Å². The monoisotopic (exact) mass is 358 g/mol. The predicted molar refractivity (Wildman–Crippen MR) is 83.4 cm³/mol. The normalized spacial score (nSPS) is 23.4. The summed E-state index contributed by atoms with van der Waals surface area (Å²) in [7, 11) is 0. The van der Waals surface area contributed by atoms with Gasteiger partial charge in [-0.25, -0.2) is 0 Å². The van der Waals surface area contributed by atoms with Crippen LogP contribution in [0.1, 0.15) is 32.1 Å². The molecule has 0 radical (unpaired) electrons. The molecule has 6 heteroatoms. The van der Waals surface area contributed by atoms with E-state index in [-0.39, 0.29) is 29.8 Å². The van der Waals surface area contributed by atoms with E-state index in [0.29, 0.717) is 13.0 Å². The zero-order chi connectivity index (χ0) is 14.9. The lowest BCUT2D eigenvalue weighted by Gasteiger charge is -2.40. The van der Waals surface area contributed by atoms with Crippen molar-refractivity contribution in [2.75, 3.05) is 0 Å². The molecule has 2 heterocycles. The molecule has 1 N–H and O–H groups in total. The van der Waals surface area contributed by atoms with E-state index in [2.05, 4.69) is 21.2 Å². The van der Waals surface area contributed by atoms with E-state index in [4.69, 9.17) is 0 Å². The molecule has 0 spiro atoms. The average molecular weight is 359 g/mol. The SMILES string of the molecule is CCC1NC(=O)C(C(C)C)N(Cc2ccc(Br)s2)C1=O. The van der Waals surface area contributed by atoms with Crippen molar-refractivity contribution in [3.8, 4) is 0 Å². The Kier molecular flexibility index (Phi) is 4.86. The fourth-order valence-electron chi connectivity index (χ4n) is 2.52. The van der Waals surface area contributed by atoms with E-state index >= 15 is 0 Å². The van der Waals surface area contributed by atoms with Crippen LogP contribution >= 0.6 is 27.3 Å². The molecular formula is C14H19BrN2O2S. The second-order valence-electron chi connectivity index (χ2n) is 5.33. The molecular weight excluding hydrogens is 340 g/mol. The van der Waals surface area contributed by atoms with Crippen LogP contribution in [-0.2, 0) is 16.1 Å². The highest BCUT2D eigenvalue weighted by Crippen LogP contribution is 2.27. The Morgan fingerprint density at radius 2 is 2.10 bits per heavy atom. The molecule has 1 saturated heterocycles. The number of hydrogen-bond acceptors (Lipinski definition) is 3. The molecule has 1 aliphatic heterocycles. The Labute approximate surface area is 131 Å². The number of amides is 2. The Morgan fingerprint density at radius 3 is 2.60 bits per heavy atom. The van der Waals surface area contributed by atoms with Crippen molar-refractivity contribution in [3.63, 3.8) is 0 Å². The van der Waals surface area contributed by atoms with E-state index in [1.54, 1.807) is 16.2 Å². The molecule has 110 valence electrons. The zero-order valence-corrected chi connectivity index (χ0v) is 14.3. The molecule has 1 aromatic heterocycles. The Balaban J connectivity index is 2.27. The molecule has 0 saturated carbocycles. The molecule has 1 aliphatic rings. The number of hydrogen-bond donors (Lipinski definition) is 1. The van der Waals surface area contributed by atoms with Gasteiger partial charge in [0.1, 0.15) is 12.1 Å². The van der Waals surface area contributed by atoms with Crippen molar-refractivity contribution in [1.82, 2.24) is 10.2 Å². The van der Waals surface area contributed by atoms with Crippen LogP contribution in [0.5, 0.6) is 0 Å². The van der Waals surface area contributed by atoms with Crippen molar-refractivity contribution >= 4 is 39.1 Å². The molecule has 1 aromatic rings.